The zero-order chi connectivity index (χ0) is 14.7. The quantitative estimate of drug-likeness (QED) is 0.809. The van der Waals surface area contributed by atoms with Crippen LogP contribution in [0, 0.1) is 6.92 Å². The molecule has 1 atom stereocenters. The minimum atomic E-state index is -0.876. The van der Waals surface area contributed by atoms with Gasteiger partial charge in [0.1, 0.15) is 0 Å². The van der Waals surface area contributed by atoms with Gasteiger partial charge in [0.25, 0.3) is 0 Å². The molecule has 1 aliphatic carbocycles. The lowest BCUT2D eigenvalue weighted by molar-refractivity contribution is 0.680. The molecule has 1 aromatic heterocycles. The van der Waals surface area contributed by atoms with E-state index in [1.54, 1.807) is 11.3 Å². The monoisotopic (exact) mass is 319 g/mol. The highest BCUT2D eigenvalue weighted by Gasteiger charge is 2.20. The van der Waals surface area contributed by atoms with Crippen LogP contribution in [0.1, 0.15) is 53.4 Å². The first-order valence-corrected chi connectivity index (χ1v) is 9.93. The average Bonchev–Trinajstić information content (AvgIpc) is 3.12. The number of aryl methyl sites for hydroxylation is 1. The Morgan fingerprint density at radius 1 is 1.24 bits per heavy atom. The molecule has 1 aliphatic rings. The zero-order valence-electron chi connectivity index (χ0n) is 12.4. The Morgan fingerprint density at radius 3 is 2.76 bits per heavy atom. The topological polar surface area (TPSA) is 30.0 Å². The van der Waals surface area contributed by atoms with Crippen LogP contribution in [0.15, 0.2) is 29.6 Å². The Balaban J connectivity index is 1.61. The largest absolute Gasteiger partial charge is 0.259 e. The second-order valence-corrected chi connectivity index (χ2v) is 8.16. The highest BCUT2D eigenvalue weighted by atomic mass is 32.2. The summed E-state index contributed by atoms with van der Waals surface area (Å²) >= 11 is 1.75. The van der Waals surface area contributed by atoms with E-state index in [1.165, 1.54) is 41.8 Å². The second-order valence-electron chi connectivity index (χ2n) is 5.81. The molecule has 0 amide bonds. The molecule has 2 aromatic rings. The third-order valence-electron chi connectivity index (χ3n) is 4.16. The lowest BCUT2D eigenvalue weighted by Gasteiger charge is -2.05. The maximum Gasteiger partial charge on any atom is 0.0959 e. The number of benzene rings is 1. The number of nitrogens with zero attached hydrogens (tertiary/aromatic N) is 1. The maximum atomic E-state index is 12.3. The summed E-state index contributed by atoms with van der Waals surface area (Å²) in [5.41, 5.74) is 3.41. The first-order valence-electron chi connectivity index (χ1n) is 7.56. The smallest absolute Gasteiger partial charge is 0.0959 e. The van der Waals surface area contributed by atoms with Gasteiger partial charge in [0, 0.05) is 27.9 Å². The van der Waals surface area contributed by atoms with Gasteiger partial charge in [-0.3, -0.25) is 4.21 Å². The van der Waals surface area contributed by atoms with Crippen molar-refractivity contribution in [1.82, 2.24) is 4.98 Å². The molecule has 3 rings (SSSR count). The molecule has 0 aliphatic heterocycles. The molecule has 1 aromatic carbocycles. The number of hydrogen-bond acceptors (Lipinski definition) is 3. The first-order chi connectivity index (χ1) is 10.2. The lowest BCUT2D eigenvalue weighted by Crippen LogP contribution is -2.02. The first kappa shape index (κ1) is 14.9. The van der Waals surface area contributed by atoms with Crippen molar-refractivity contribution in [3.05, 3.63) is 51.5 Å². The van der Waals surface area contributed by atoms with Crippen LogP contribution in [0.25, 0.3) is 0 Å². The van der Waals surface area contributed by atoms with Gasteiger partial charge in [-0.15, -0.1) is 11.3 Å². The van der Waals surface area contributed by atoms with E-state index in [-0.39, 0.29) is 0 Å². The van der Waals surface area contributed by atoms with Crippen LogP contribution in [0.5, 0.6) is 0 Å². The van der Waals surface area contributed by atoms with Crippen molar-refractivity contribution in [2.45, 2.75) is 50.0 Å². The molecule has 0 radical (unpaired) electrons. The summed E-state index contributed by atoms with van der Waals surface area (Å²) in [7, 11) is -0.876. The zero-order valence-corrected chi connectivity index (χ0v) is 14.0. The Hall–Kier alpha value is -1.00. The molecule has 0 spiro atoms. The van der Waals surface area contributed by atoms with Crippen molar-refractivity contribution < 1.29 is 4.21 Å². The number of aromatic nitrogens is 1. The Bertz CT molecular complexity index is 629. The molecule has 21 heavy (non-hydrogen) atoms. The summed E-state index contributed by atoms with van der Waals surface area (Å²) in [4.78, 5) is 4.72. The average molecular weight is 319 g/mol. The molecule has 0 N–H and O–H groups in total. The number of thiazole rings is 1. The fourth-order valence-electron chi connectivity index (χ4n) is 2.91. The van der Waals surface area contributed by atoms with Crippen molar-refractivity contribution >= 4 is 22.1 Å². The summed E-state index contributed by atoms with van der Waals surface area (Å²) < 4.78 is 12.3. The van der Waals surface area contributed by atoms with E-state index < -0.39 is 10.8 Å². The van der Waals surface area contributed by atoms with Crippen LogP contribution in [-0.4, -0.2) is 9.19 Å². The molecular weight excluding hydrogens is 298 g/mol. The summed E-state index contributed by atoms with van der Waals surface area (Å²) in [6.45, 7) is 2.08. The van der Waals surface area contributed by atoms with Gasteiger partial charge in [-0.2, -0.15) is 0 Å². The molecule has 1 saturated carbocycles. The standard InChI is InChI=1S/C17H21NOS2/c1-13-6-2-3-9-15(13)11-21(19)12-16-10-20-17(18-16)14-7-4-5-8-14/h2-3,6,9-10,14H,4-5,7-8,11-12H2,1H3. The third-order valence-corrected chi connectivity index (χ3v) is 6.47. The maximum absolute atomic E-state index is 12.3. The van der Waals surface area contributed by atoms with Crippen LogP contribution >= 0.6 is 11.3 Å². The van der Waals surface area contributed by atoms with Crippen LogP contribution < -0.4 is 0 Å². The Labute approximate surface area is 133 Å². The minimum Gasteiger partial charge on any atom is -0.259 e. The fourth-order valence-corrected chi connectivity index (χ4v) is 5.26. The predicted molar refractivity (Wildman–Crippen MR) is 90.1 cm³/mol. The van der Waals surface area contributed by atoms with Crippen LogP contribution in [0.4, 0.5) is 0 Å². The summed E-state index contributed by atoms with van der Waals surface area (Å²) in [6, 6.07) is 8.18. The third kappa shape index (κ3) is 3.80. The normalized spacial score (nSPS) is 17.2. The minimum absolute atomic E-state index is 0.581. The van der Waals surface area contributed by atoms with Crippen molar-refractivity contribution in [1.29, 1.82) is 0 Å². The molecule has 112 valence electrons. The highest BCUT2D eigenvalue weighted by molar-refractivity contribution is 7.83. The molecule has 1 unspecified atom stereocenters. The molecule has 1 fully saturated rings. The Kier molecular flexibility index (Phi) is 4.86. The van der Waals surface area contributed by atoms with Crippen molar-refractivity contribution in [2.24, 2.45) is 0 Å². The van der Waals surface area contributed by atoms with E-state index in [4.69, 9.17) is 4.98 Å². The van der Waals surface area contributed by atoms with Crippen molar-refractivity contribution in [3.8, 4) is 0 Å². The van der Waals surface area contributed by atoms with E-state index in [0.717, 1.165) is 5.69 Å². The van der Waals surface area contributed by atoms with E-state index >= 15 is 0 Å². The summed E-state index contributed by atoms with van der Waals surface area (Å²) in [6.07, 6.45) is 5.22. The fraction of sp³-hybridized carbons (Fsp3) is 0.471. The molecule has 0 saturated heterocycles. The van der Waals surface area contributed by atoms with Gasteiger partial charge in [0.2, 0.25) is 0 Å². The van der Waals surface area contributed by atoms with Crippen LogP contribution in [0.3, 0.4) is 0 Å². The van der Waals surface area contributed by atoms with E-state index in [1.807, 2.05) is 12.1 Å². The van der Waals surface area contributed by atoms with E-state index in [9.17, 15) is 4.21 Å². The van der Waals surface area contributed by atoms with Gasteiger partial charge in [0.05, 0.1) is 16.5 Å². The molecule has 1 heterocycles. The summed E-state index contributed by atoms with van der Waals surface area (Å²) in [5, 5.41) is 3.36. The highest BCUT2D eigenvalue weighted by Crippen LogP contribution is 2.35. The molecule has 2 nitrogen and oxygen atoms in total. The molecular formula is C17H21NOS2. The summed E-state index contributed by atoms with van der Waals surface area (Å²) in [5.74, 6) is 1.87. The second kappa shape index (κ2) is 6.84. The van der Waals surface area contributed by atoms with Crippen molar-refractivity contribution in [3.63, 3.8) is 0 Å². The van der Waals surface area contributed by atoms with Gasteiger partial charge in [-0.25, -0.2) is 4.98 Å². The number of hydrogen-bond donors (Lipinski definition) is 0. The van der Waals surface area contributed by atoms with Gasteiger partial charge >= 0.3 is 0 Å². The van der Waals surface area contributed by atoms with Crippen molar-refractivity contribution in [2.75, 3.05) is 0 Å². The van der Waals surface area contributed by atoms with Gasteiger partial charge in [-0.1, -0.05) is 37.1 Å². The molecule has 4 heteroatoms. The lowest BCUT2D eigenvalue weighted by atomic mass is 10.1. The SMILES string of the molecule is Cc1ccccc1CS(=O)Cc1csc(C2CCCC2)n1. The van der Waals surface area contributed by atoms with Gasteiger partial charge in [0.15, 0.2) is 0 Å². The van der Waals surface area contributed by atoms with Gasteiger partial charge < -0.3 is 0 Å². The Morgan fingerprint density at radius 2 is 2.00 bits per heavy atom. The predicted octanol–water partition coefficient (Wildman–Crippen LogP) is 4.56. The van der Waals surface area contributed by atoms with Crippen LogP contribution in [0.2, 0.25) is 0 Å². The molecule has 0 bridgehead atoms. The van der Waals surface area contributed by atoms with Crippen LogP contribution in [-0.2, 0) is 22.3 Å². The van der Waals surface area contributed by atoms with E-state index in [0.29, 0.717) is 17.4 Å². The number of rotatable bonds is 5. The van der Waals surface area contributed by atoms with Gasteiger partial charge in [-0.05, 0) is 30.9 Å². The van der Waals surface area contributed by atoms with E-state index in [2.05, 4.69) is 24.4 Å².